The molecule has 0 aliphatic carbocycles. The number of anilines is 3. The summed E-state index contributed by atoms with van der Waals surface area (Å²) in [6.07, 6.45) is 0. The first-order chi connectivity index (χ1) is 27.3. The Kier molecular flexibility index (Phi) is 8.24. The van der Waals surface area contributed by atoms with Gasteiger partial charge in [0.15, 0.2) is 0 Å². The van der Waals surface area contributed by atoms with Crippen molar-refractivity contribution in [3.05, 3.63) is 224 Å². The Morgan fingerprint density at radius 2 is 0.727 bits per heavy atom. The summed E-state index contributed by atoms with van der Waals surface area (Å²) in [6, 6.07) is 81.4. The number of para-hydroxylation sites is 1. The summed E-state index contributed by atoms with van der Waals surface area (Å²) < 4.78 is 0. The minimum absolute atomic E-state index is 1.10. The minimum Gasteiger partial charge on any atom is -0.310 e. The van der Waals surface area contributed by atoms with Gasteiger partial charge in [0.05, 0.1) is 0 Å². The molecule has 0 saturated heterocycles. The zero-order valence-corrected chi connectivity index (χ0v) is 30.3. The Hall–Kier alpha value is -7.22. The average molecular weight is 700 g/mol. The minimum atomic E-state index is 1.10. The molecule has 55 heavy (non-hydrogen) atoms. The van der Waals surface area contributed by atoms with Crippen molar-refractivity contribution in [3.8, 4) is 44.5 Å². The fraction of sp³-hybridized carbons (Fsp3) is 0. The zero-order chi connectivity index (χ0) is 36.6. The predicted molar refractivity (Wildman–Crippen MR) is 235 cm³/mol. The van der Waals surface area contributed by atoms with Crippen molar-refractivity contribution in [2.45, 2.75) is 0 Å². The summed E-state index contributed by atoms with van der Waals surface area (Å²) in [4.78, 5) is 2.36. The second-order valence-corrected chi connectivity index (χ2v) is 14.1. The molecule has 0 amide bonds. The van der Waals surface area contributed by atoms with E-state index in [0.717, 1.165) is 17.1 Å². The lowest BCUT2D eigenvalue weighted by atomic mass is 9.92. The van der Waals surface area contributed by atoms with Crippen molar-refractivity contribution < 1.29 is 0 Å². The van der Waals surface area contributed by atoms with Crippen LogP contribution in [0.4, 0.5) is 17.1 Å². The Labute approximate surface area is 322 Å². The lowest BCUT2D eigenvalue weighted by Gasteiger charge is -2.27. The van der Waals surface area contributed by atoms with E-state index in [0.29, 0.717) is 0 Å². The van der Waals surface area contributed by atoms with Crippen LogP contribution in [0, 0.1) is 0 Å². The van der Waals surface area contributed by atoms with Crippen LogP contribution in [0.15, 0.2) is 224 Å². The van der Waals surface area contributed by atoms with E-state index < -0.39 is 0 Å². The number of hydrogen-bond acceptors (Lipinski definition) is 1. The van der Waals surface area contributed by atoms with Crippen molar-refractivity contribution in [1.82, 2.24) is 0 Å². The third kappa shape index (κ3) is 6.12. The van der Waals surface area contributed by atoms with Gasteiger partial charge in [0, 0.05) is 17.1 Å². The molecule has 0 atom stereocenters. The molecule has 0 saturated carbocycles. The van der Waals surface area contributed by atoms with Crippen LogP contribution in [0.5, 0.6) is 0 Å². The molecule has 10 rings (SSSR count). The maximum Gasteiger partial charge on any atom is 0.0468 e. The highest BCUT2D eigenvalue weighted by Gasteiger charge is 2.17. The van der Waals surface area contributed by atoms with Gasteiger partial charge in [-0.3, -0.25) is 0 Å². The molecular weight excluding hydrogens is 663 g/mol. The average Bonchev–Trinajstić information content (AvgIpc) is 3.27. The van der Waals surface area contributed by atoms with Crippen LogP contribution in [0.1, 0.15) is 0 Å². The third-order valence-corrected chi connectivity index (χ3v) is 10.8. The molecule has 0 aliphatic heterocycles. The SMILES string of the molecule is c1ccc(-c2cc(N(c3ccccc3)c3ccc(-c4cc5ccccc5c5ccccc45)cc3)ccc2-c2ccc(-c3ccc4ccccc4c3)cc2)cc1. The molecule has 10 aromatic rings. The predicted octanol–water partition coefficient (Wildman–Crippen LogP) is 15.3. The molecule has 0 radical (unpaired) electrons. The second-order valence-electron chi connectivity index (χ2n) is 14.1. The molecule has 10 aromatic carbocycles. The van der Waals surface area contributed by atoms with Crippen molar-refractivity contribution in [1.29, 1.82) is 0 Å². The van der Waals surface area contributed by atoms with Crippen LogP contribution in [0.25, 0.3) is 76.8 Å². The Morgan fingerprint density at radius 1 is 0.218 bits per heavy atom. The van der Waals surface area contributed by atoms with Crippen LogP contribution in [-0.4, -0.2) is 0 Å². The van der Waals surface area contributed by atoms with E-state index in [1.807, 2.05) is 0 Å². The van der Waals surface area contributed by atoms with Gasteiger partial charge in [-0.05, 0) is 125 Å². The first-order valence-corrected chi connectivity index (χ1v) is 18.9. The van der Waals surface area contributed by atoms with Gasteiger partial charge in [-0.1, -0.05) is 176 Å². The first kappa shape index (κ1) is 32.4. The molecular formula is C54H37N. The number of hydrogen-bond donors (Lipinski definition) is 0. The smallest absolute Gasteiger partial charge is 0.0468 e. The van der Waals surface area contributed by atoms with E-state index in [2.05, 4.69) is 229 Å². The lowest BCUT2D eigenvalue weighted by molar-refractivity contribution is 1.28. The molecule has 1 nitrogen and oxygen atoms in total. The maximum absolute atomic E-state index is 2.36. The van der Waals surface area contributed by atoms with Crippen LogP contribution in [-0.2, 0) is 0 Å². The molecule has 0 aromatic heterocycles. The van der Waals surface area contributed by atoms with Crippen molar-refractivity contribution in [2.75, 3.05) is 4.90 Å². The summed E-state index contributed by atoms with van der Waals surface area (Å²) in [6.45, 7) is 0. The van der Waals surface area contributed by atoms with E-state index in [1.54, 1.807) is 0 Å². The summed E-state index contributed by atoms with van der Waals surface area (Å²) in [5, 5.41) is 7.60. The van der Waals surface area contributed by atoms with Crippen LogP contribution in [0.3, 0.4) is 0 Å². The Morgan fingerprint density at radius 3 is 1.49 bits per heavy atom. The standard InChI is InChI=1S/C54H37N/c1-3-14-40(15-4-1)54-37-48(33-34-50(54)41-26-23-39(24-27-41)44-28-25-38-13-7-8-16-43(38)35-44)55(46-18-5-2-6-19-46)47-31-29-42(30-32-47)53-36-45-17-9-10-20-49(45)51-21-11-12-22-52(51)53/h1-37H. The van der Waals surface area contributed by atoms with Gasteiger partial charge in [0.1, 0.15) is 0 Å². The number of rotatable bonds is 7. The quantitative estimate of drug-likeness (QED) is 0.150. The molecule has 0 aliphatic rings. The van der Waals surface area contributed by atoms with Gasteiger partial charge in [0.2, 0.25) is 0 Å². The van der Waals surface area contributed by atoms with Gasteiger partial charge in [0.25, 0.3) is 0 Å². The first-order valence-electron chi connectivity index (χ1n) is 18.9. The molecule has 0 unspecified atom stereocenters. The molecule has 0 bridgehead atoms. The normalized spacial score (nSPS) is 11.3. The topological polar surface area (TPSA) is 3.24 Å². The van der Waals surface area contributed by atoms with Crippen molar-refractivity contribution in [3.63, 3.8) is 0 Å². The summed E-state index contributed by atoms with van der Waals surface area (Å²) >= 11 is 0. The van der Waals surface area contributed by atoms with Gasteiger partial charge >= 0.3 is 0 Å². The van der Waals surface area contributed by atoms with Gasteiger partial charge < -0.3 is 4.90 Å². The molecule has 0 heterocycles. The molecule has 0 fully saturated rings. The molecule has 1 heteroatoms. The monoisotopic (exact) mass is 699 g/mol. The van der Waals surface area contributed by atoms with Crippen LogP contribution >= 0.6 is 0 Å². The second kappa shape index (κ2) is 14.0. The zero-order valence-electron chi connectivity index (χ0n) is 30.3. The number of benzene rings is 10. The fourth-order valence-corrected chi connectivity index (χ4v) is 8.10. The highest BCUT2D eigenvalue weighted by atomic mass is 15.1. The largest absolute Gasteiger partial charge is 0.310 e. The summed E-state index contributed by atoms with van der Waals surface area (Å²) in [5.74, 6) is 0. The third-order valence-electron chi connectivity index (χ3n) is 10.8. The van der Waals surface area contributed by atoms with Gasteiger partial charge in [-0.15, -0.1) is 0 Å². The van der Waals surface area contributed by atoms with E-state index in [1.165, 1.54) is 76.8 Å². The molecule has 0 spiro atoms. The van der Waals surface area contributed by atoms with Gasteiger partial charge in [-0.2, -0.15) is 0 Å². The number of nitrogens with zero attached hydrogens (tertiary/aromatic N) is 1. The molecule has 0 N–H and O–H groups in total. The van der Waals surface area contributed by atoms with Crippen LogP contribution < -0.4 is 4.90 Å². The number of fused-ring (bicyclic) bond motifs is 4. The fourth-order valence-electron chi connectivity index (χ4n) is 8.10. The van der Waals surface area contributed by atoms with E-state index in [-0.39, 0.29) is 0 Å². The van der Waals surface area contributed by atoms with E-state index in [9.17, 15) is 0 Å². The van der Waals surface area contributed by atoms with Crippen LogP contribution in [0.2, 0.25) is 0 Å². The van der Waals surface area contributed by atoms with E-state index in [4.69, 9.17) is 0 Å². The van der Waals surface area contributed by atoms with Gasteiger partial charge in [-0.25, -0.2) is 0 Å². The van der Waals surface area contributed by atoms with Crippen molar-refractivity contribution >= 4 is 49.4 Å². The lowest BCUT2D eigenvalue weighted by Crippen LogP contribution is -2.10. The highest BCUT2D eigenvalue weighted by Crippen LogP contribution is 2.42. The summed E-state index contributed by atoms with van der Waals surface area (Å²) in [7, 11) is 0. The Bertz CT molecular complexity index is 2950. The van der Waals surface area contributed by atoms with Crippen molar-refractivity contribution in [2.24, 2.45) is 0 Å². The maximum atomic E-state index is 2.36. The molecule has 258 valence electrons. The summed E-state index contributed by atoms with van der Waals surface area (Å²) in [5.41, 5.74) is 13.0. The van der Waals surface area contributed by atoms with E-state index >= 15 is 0 Å². The highest BCUT2D eigenvalue weighted by molar-refractivity contribution is 6.13. The Balaban J connectivity index is 1.06.